The molecule has 1 aliphatic heterocycles. The van der Waals surface area contributed by atoms with Crippen LogP contribution in [-0.2, 0) is 6.54 Å². The van der Waals surface area contributed by atoms with Crippen LogP contribution in [0.3, 0.4) is 0 Å². The van der Waals surface area contributed by atoms with Gasteiger partial charge >= 0.3 is 0 Å². The smallest absolute Gasteiger partial charge is 0.0371 e. The highest BCUT2D eigenvalue weighted by Crippen LogP contribution is 2.25. The quantitative estimate of drug-likeness (QED) is 0.871. The Hall–Kier alpha value is -0.580. The van der Waals surface area contributed by atoms with Crippen molar-refractivity contribution in [3.05, 3.63) is 28.2 Å². The molecule has 0 bridgehead atoms. The first-order chi connectivity index (χ1) is 8.58. The molecular formula is C14H22BrN3. The van der Waals surface area contributed by atoms with Crippen LogP contribution in [0.1, 0.15) is 18.4 Å². The molecule has 0 radical (unpaired) electrons. The van der Waals surface area contributed by atoms with E-state index in [1.165, 1.54) is 31.5 Å². The molecule has 0 spiro atoms. The molecule has 0 aliphatic carbocycles. The number of nitrogen functional groups attached to an aromatic ring is 1. The Labute approximate surface area is 118 Å². The molecule has 1 aliphatic rings. The normalized spacial score (nSPS) is 18.4. The number of halogens is 1. The van der Waals surface area contributed by atoms with Gasteiger partial charge in [0.15, 0.2) is 0 Å². The highest BCUT2D eigenvalue weighted by atomic mass is 79.9. The summed E-state index contributed by atoms with van der Waals surface area (Å²) in [7, 11) is 4.40. The Balaban J connectivity index is 2.00. The van der Waals surface area contributed by atoms with Crippen LogP contribution in [0, 0.1) is 0 Å². The number of hydrogen-bond donors (Lipinski definition) is 1. The highest BCUT2D eigenvalue weighted by molar-refractivity contribution is 9.10. The number of likely N-dealkylation sites (tertiary alicyclic amines) is 1. The minimum absolute atomic E-state index is 0.674. The van der Waals surface area contributed by atoms with Gasteiger partial charge in [-0.05, 0) is 52.2 Å². The molecule has 1 aromatic rings. The SMILES string of the molecule is CN1CCC(N(C)Cc2c(N)cccc2Br)CC1. The van der Waals surface area contributed by atoms with Gasteiger partial charge in [-0.2, -0.15) is 0 Å². The molecule has 0 aromatic heterocycles. The summed E-state index contributed by atoms with van der Waals surface area (Å²) in [6.45, 7) is 3.31. The van der Waals surface area contributed by atoms with Crippen molar-refractivity contribution >= 4 is 21.6 Å². The fourth-order valence-electron chi connectivity index (χ4n) is 2.56. The van der Waals surface area contributed by atoms with Crippen LogP contribution in [0.2, 0.25) is 0 Å². The molecule has 2 rings (SSSR count). The molecule has 0 atom stereocenters. The van der Waals surface area contributed by atoms with Crippen LogP contribution in [0.25, 0.3) is 0 Å². The van der Waals surface area contributed by atoms with Crippen molar-refractivity contribution < 1.29 is 0 Å². The van der Waals surface area contributed by atoms with Gasteiger partial charge in [0.25, 0.3) is 0 Å². The molecule has 1 heterocycles. The van der Waals surface area contributed by atoms with Gasteiger partial charge in [-0.15, -0.1) is 0 Å². The van der Waals surface area contributed by atoms with Gasteiger partial charge in [0, 0.05) is 28.3 Å². The minimum Gasteiger partial charge on any atom is -0.398 e. The largest absolute Gasteiger partial charge is 0.398 e. The predicted octanol–water partition coefficient (Wildman–Crippen LogP) is 2.56. The van der Waals surface area contributed by atoms with Crippen LogP contribution < -0.4 is 5.73 Å². The van der Waals surface area contributed by atoms with Crippen LogP contribution >= 0.6 is 15.9 Å². The molecule has 2 N–H and O–H groups in total. The average molecular weight is 312 g/mol. The first kappa shape index (κ1) is 13.8. The maximum atomic E-state index is 6.06. The maximum Gasteiger partial charge on any atom is 0.0371 e. The van der Waals surface area contributed by atoms with E-state index in [1.54, 1.807) is 0 Å². The van der Waals surface area contributed by atoms with Crippen LogP contribution in [0.4, 0.5) is 5.69 Å². The molecule has 1 fully saturated rings. The number of nitrogens with zero attached hydrogens (tertiary/aromatic N) is 2. The Kier molecular flexibility index (Phi) is 4.65. The third-order valence-corrected chi connectivity index (χ3v) is 4.62. The van der Waals surface area contributed by atoms with Crippen molar-refractivity contribution in [2.75, 3.05) is 32.9 Å². The van der Waals surface area contributed by atoms with Crippen molar-refractivity contribution in [3.8, 4) is 0 Å². The van der Waals surface area contributed by atoms with Gasteiger partial charge < -0.3 is 10.6 Å². The number of piperidine rings is 1. The van der Waals surface area contributed by atoms with Gasteiger partial charge in [-0.3, -0.25) is 4.90 Å². The molecule has 18 heavy (non-hydrogen) atoms. The highest BCUT2D eigenvalue weighted by Gasteiger charge is 2.21. The van der Waals surface area contributed by atoms with E-state index < -0.39 is 0 Å². The van der Waals surface area contributed by atoms with Gasteiger partial charge in [-0.25, -0.2) is 0 Å². The zero-order valence-corrected chi connectivity index (χ0v) is 12.8. The summed E-state index contributed by atoms with van der Waals surface area (Å²) in [6.07, 6.45) is 2.49. The predicted molar refractivity (Wildman–Crippen MR) is 80.5 cm³/mol. The Bertz CT molecular complexity index is 380. The monoisotopic (exact) mass is 311 g/mol. The minimum atomic E-state index is 0.674. The zero-order valence-electron chi connectivity index (χ0n) is 11.2. The Morgan fingerprint density at radius 2 is 2.06 bits per heavy atom. The van der Waals surface area contributed by atoms with Crippen molar-refractivity contribution in [2.45, 2.75) is 25.4 Å². The summed E-state index contributed by atoms with van der Waals surface area (Å²) >= 11 is 3.59. The lowest BCUT2D eigenvalue weighted by Gasteiger charge is -2.35. The number of nitrogens with two attached hydrogens (primary N) is 1. The number of benzene rings is 1. The fraction of sp³-hybridized carbons (Fsp3) is 0.571. The van der Waals surface area contributed by atoms with Crippen LogP contribution in [0.15, 0.2) is 22.7 Å². The van der Waals surface area contributed by atoms with Gasteiger partial charge in [0.1, 0.15) is 0 Å². The lowest BCUT2D eigenvalue weighted by atomic mass is 10.0. The van der Waals surface area contributed by atoms with Crippen LogP contribution in [-0.4, -0.2) is 43.0 Å². The molecule has 0 amide bonds. The van der Waals surface area contributed by atoms with Crippen molar-refractivity contribution in [2.24, 2.45) is 0 Å². The Morgan fingerprint density at radius 1 is 1.39 bits per heavy atom. The summed E-state index contributed by atoms with van der Waals surface area (Å²) < 4.78 is 1.11. The lowest BCUT2D eigenvalue weighted by molar-refractivity contribution is 0.139. The second-order valence-corrected chi connectivity index (χ2v) is 6.11. The Morgan fingerprint density at radius 3 is 2.67 bits per heavy atom. The number of anilines is 1. The summed E-state index contributed by atoms with van der Waals surface area (Å²) in [4.78, 5) is 4.83. The summed E-state index contributed by atoms with van der Waals surface area (Å²) in [6, 6.07) is 6.70. The molecule has 1 saturated heterocycles. The topological polar surface area (TPSA) is 32.5 Å². The summed E-state index contributed by atoms with van der Waals surface area (Å²) in [5.41, 5.74) is 8.14. The van der Waals surface area contributed by atoms with E-state index in [2.05, 4.69) is 45.9 Å². The van der Waals surface area contributed by atoms with E-state index in [1.807, 2.05) is 12.1 Å². The third-order valence-electron chi connectivity index (χ3n) is 3.87. The molecule has 1 aromatic carbocycles. The maximum absolute atomic E-state index is 6.06. The second kappa shape index (κ2) is 6.04. The number of hydrogen-bond acceptors (Lipinski definition) is 3. The molecule has 3 nitrogen and oxygen atoms in total. The second-order valence-electron chi connectivity index (χ2n) is 5.26. The molecular weight excluding hydrogens is 290 g/mol. The van der Waals surface area contributed by atoms with Crippen molar-refractivity contribution in [3.63, 3.8) is 0 Å². The van der Waals surface area contributed by atoms with Crippen LogP contribution in [0.5, 0.6) is 0 Å². The number of rotatable bonds is 3. The van der Waals surface area contributed by atoms with E-state index in [9.17, 15) is 0 Å². The average Bonchev–Trinajstić information content (AvgIpc) is 2.34. The van der Waals surface area contributed by atoms with E-state index >= 15 is 0 Å². The van der Waals surface area contributed by atoms with Crippen molar-refractivity contribution in [1.29, 1.82) is 0 Å². The lowest BCUT2D eigenvalue weighted by Crippen LogP contribution is -2.41. The van der Waals surface area contributed by atoms with Gasteiger partial charge in [-0.1, -0.05) is 22.0 Å². The molecule has 4 heteroatoms. The first-order valence-electron chi connectivity index (χ1n) is 6.49. The van der Waals surface area contributed by atoms with E-state index in [4.69, 9.17) is 5.73 Å². The zero-order chi connectivity index (χ0) is 13.1. The third kappa shape index (κ3) is 3.25. The van der Waals surface area contributed by atoms with Crippen molar-refractivity contribution in [1.82, 2.24) is 9.80 Å². The van der Waals surface area contributed by atoms with E-state index in [-0.39, 0.29) is 0 Å². The van der Waals surface area contributed by atoms with E-state index in [0.717, 1.165) is 16.7 Å². The van der Waals surface area contributed by atoms with Gasteiger partial charge in [0.2, 0.25) is 0 Å². The molecule has 100 valence electrons. The van der Waals surface area contributed by atoms with E-state index in [0.29, 0.717) is 6.04 Å². The fourth-order valence-corrected chi connectivity index (χ4v) is 3.06. The molecule has 0 unspecified atom stereocenters. The molecule has 0 saturated carbocycles. The standard InChI is InChI=1S/C14H22BrN3/c1-17-8-6-11(7-9-17)18(2)10-12-13(15)4-3-5-14(12)16/h3-5,11H,6-10,16H2,1-2H3. The first-order valence-corrected chi connectivity index (χ1v) is 7.29. The van der Waals surface area contributed by atoms with Gasteiger partial charge in [0.05, 0.1) is 0 Å². The summed E-state index contributed by atoms with van der Waals surface area (Å²) in [5, 5.41) is 0. The summed E-state index contributed by atoms with van der Waals surface area (Å²) in [5.74, 6) is 0.